The van der Waals surface area contributed by atoms with Crippen LogP contribution in [-0.2, 0) is 6.54 Å². The Hall–Kier alpha value is -2.71. The van der Waals surface area contributed by atoms with Gasteiger partial charge in [0, 0.05) is 23.0 Å². The number of rotatable bonds is 5. The molecule has 0 saturated carbocycles. The first-order chi connectivity index (χ1) is 12.6. The fourth-order valence-electron chi connectivity index (χ4n) is 2.78. The van der Waals surface area contributed by atoms with Crippen LogP contribution in [0, 0.1) is 13.8 Å². The van der Waals surface area contributed by atoms with Crippen molar-refractivity contribution in [2.75, 3.05) is 0 Å². The average Bonchev–Trinajstić information content (AvgIpc) is 3.40. The van der Waals surface area contributed by atoms with E-state index in [1.54, 1.807) is 23.8 Å². The van der Waals surface area contributed by atoms with Gasteiger partial charge in [-0.3, -0.25) is 9.36 Å². The SMILES string of the molecule is Cc1cc(C(=O)NCc2coc(-c3cccs3)n2)c(C)n1-c1nccs1. The Morgan fingerprint density at radius 2 is 2.19 bits per heavy atom. The molecule has 1 amide bonds. The molecule has 0 saturated heterocycles. The third kappa shape index (κ3) is 3.09. The van der Waals surface area contributed by atoms with Crippen molar-refractivity contribution in [3.8, 4) is 15.9 Å². The van der Waals surface area contributed by atoms with Crippen molar-refractivity contribution in [1.82, 2.24) is 19.9 Å². The van der Waals surface area contributed by atoms with E-state index < -0.39 is 0 Å². The van der Waals surface area contributed by atoms with E-state index in [1.165, 1.54) is 11.3 Å². The lowest BCUT2D eigenvalue weighted by atomic mass is 10.2. The number of hydrogen-bond donors (Lipinski definition) is 1. The Labute approximate surface area is 158 Å². The van der Waals surface area contributed by atoms with Crippen molar-refractivity contribution in [3.63, 3.8) is 0 Å². The van der Waals surface area contributed by atoms with Crippen LogP contribution in [0.15, 0.2) is 45.8 Å². The van der Waals surface area contributed by atoms with Crippen molar-refractivity contribution in [2.24, 2.45) is 0 Å². The molecule has 0 aliphatic rings. The summed E-state index contributed by atoms with van der Waals surface area (Å²) >= 11 is 3.10. The van der Waals surface area contributed by atoms with Crippen molar-refractivity contribution in [3.05, 3.63) is 64.1 Å². The van der Waals surface area contributed by atoms with Gasteiger partial charge in [-0.1, -0.05) is 6.07 Å². The molecule has 0 fully saturated rings. The molecule has 0 radical (unpaired) electrons. The van der Waals surface area contributed by atoms with Crippen LogP contribution in [0.2, 0.25) is 0 Å². The summed E-state index contributed by atoms with van der Waals surface area (Å²) in [5, 5.41) is 7.66. The summed E-state index contributed by atoms with van der Waals surface area (Å²) in [7, 11) is 0. The fraction of sp³-hybridized carbons (Fsp3) is 0.167. The standard InChI is InChI=1S/C18H16N4O2S2/c1-11-8-14(12(2)22(11)18-19-5-7-26-18)16(23)20-9-13-10-24-17(21-13)15-4-3-6-25-15/h3-8,10H,9H2,1-2H3,(H,20,23). The zero-order valence-corrected chi connectivity index (χ0v) is 15.9. The minimum absolute atomic E-state index is 0.137. The number of nitrogens with zero attached hydrogens (tertiary/aromatic N) is 3. The number of nitrogens with one attached hydrogen (secondary N) is 1. The summed E-state index contributed by atoms with van der Waals surface area (Å²) in [5.41, 5.74) is 3.17. The number of aromatic nitrogens is 3. The van der Waals surface area contributed by atoms with Gasteiger partial charge in [0.2, 0.25) is 5.89 Å². The van der Waals surface area contributed by atoms with Crippen LogP contribution in [-0.4, -0.2) is 20.4 Å². The zero-order valence-electron chi connectivity index (χ0n) is 14.2. The molecule has 6 nitrogen and oxygen atoms in total. The van der Waals surface area contributed by atoms with Gasteiger partial charge in [0.25, 0.3) is 5.91 Å². The maximum absolute atomic E-state index is 12.6. The summed E-state index contributed by atoms with van der Waals surface area (Å²) < 4.78 is 7.47. The molecule has 4 rings (SSSR count). The largest absolute Gasteiger partial charge is 0.443 e. The van der Waals surface area contributed by atoms with Crippen LogP contribution in [0.25, 0.3) is 15.9 Å². The number of amides is 1. The quantitative estimate of drug-likeness (QED) is 0.560. The first-order valence-corrected chi connectivity index (χ1v) is 9.74. The van der Waals surface area contributed by atoms with Crippen LogP contribution in [0.1, 0.15) is 27.4 Å². The van der Waals surface area contributed by atoms with Crippen LogP contribution >= 0.6 is 22.7 Å². The monoisotopic (exact) mass is 384 g/mol. The van der Waals surface area contributed by atoms with Gasteiger partial charge in [0.15, 0.2) is 5.13 Å². The lowest BCUT2D eigenvalue weighted by Gasteiger charge is -2.06. The molecule has 1 N–H and O–H groups in total. The Morgan fingerprint density at radius 3 is 2.92 bits per heavy atom. The lowest BCUT2D eigenvalue weighted by Crippen LogP contribution is -2.23. The predicted octanol–water partition coefficient (Wildman–Crippen LogP) is 4.20. The number of oxazole rings is 1. The first-order valence-electron chi connectivity index (χ1n) is 7.99. The molecule has 26 heavy (non-hydrogen) atoms. The molecular weight excluding hydrogens is 368 g/mol. The Bertz CT molecular complexity index is 1030. The van der Waals surface area contributed by atoms with Gasteiger partial charge >= 0.3 is 0 Å². The maximum atomic E-state index is 12.6. The molecule has 132 valence electrons. The van der Waals surface area contributed by atoms with Gasteiger partial charge in [-0.05, 0) is 31.4 Å². The summed E-state index contributed by atoms with van der Waals surface area (Å²) in [4.78, 5) is 22.3. The van der Waals surface area contributed by atoms with E-state index in [2.05, 4.69) is 15.3 Å². The van der Waals surface area contributed by atoms with Gasteiger partial charge in [-0.15, -0.1) is 22.7 Å². The summed E-state index contributed by atoms with van der Waals surface area (Å²) in [6, 6.07) is 5.78. The number of hydrogen-bond acceptors (Lipinski definition) is 6. The van der Waals surface area contributed by atoms with Crippen molar-refractivity contribution < 1.29 is 9.21 Å². The number of carbonyl (C=O) groups is 1. The molecule has 4 aromatic heterocycles. The highest BCUT2D eigenvalue weighted by atomic mass is 32.1. The van der Waals surface area contributed by atoms with Crippen molar-refractivity contribution >= 4 is 28.6 Å². The molecule has 0 bridgehead atoms. The Kier molecular flexibility index (Phi) is 4.44. The number of carbonyl (C=O) groups excluding carboxylic acids is 1. The number of thiazole rings is 1. The van der Waals surface area contributed by atoms with E-state index in [9.17, 15) is 4.79 Å². The topological polar surface area (TPSA) is 73.0 Å². The van der Waals surface area contributed by atoms with Crippen LogP contribution in [0.3, 0.4) is 0 Å². The van der Waals surface area contributed by atoms with Gasteiger partial charge in [-0.25, -0.2) is 9.97 Å². The second-order valence-corrected chi connectivity index (χ2v) is 7.56. The molecule has 0 aliphatic carbocycles. The molecular formula is C18H16N4O2S2. The van der Waals surface area contributed by atoms with E-state index >= 15 is 0 Å². The highest BCUT2D eigenvalue weighted by molar-refractivity contribution is 7.13. The Morgan fingerprint density at radius 1 is 1.31 bits per heavy atom. The van der Waals surface area contributed by atoms with Crippen molar-refractivity contribution in [1.29, 1.82) is 0 Å². The van der Waals surface area contributed by atoms with Gasteiger partial charge < -0.3 is 9.73 Å². The van der Waals surface area contributed by atoms with E-state index in [4.69, 9.17) is 4.42 Å². The average molecular weight is 384 g/mol. The second-order valence-electron chi connectivity index (χ2n) is 5.74. The zero-order chi connectivity index (χ0) is 18.1. The molecule has 0 aliphatic heterocycles. The molecule has 4 aromatic rings. The highest BCUT2D eigenvalue weighted by Crippen LogP contribution is 2.24. The van der Waals surface area contributed by atoms with Gasteiger partial charge in [0.05, 0.1) is 22.7 Å². The smallest absolute Gasteiger partial charge is 0.253 e. The van der Waals surface area contributed by atoms with Gasteiger partial charge in [-0.2, -0.15) is 0 Å². The Balaban J connectivity index is 1.48. The highest BCUT2D eigenvalue weighted by Gasteiger charge is 2.18. The molecule has 0 atom stereocenters. The first kappa shape index (κ1) is 16.7. The number of thiophene rings is 1. The van der Waals surface area contributed by atoms with Crippen LogP contribution in [0.4, 0.5) is 0 Å². The molecule has 0 aromatic carbocycles. The van der Waals surface area contributed by atoms with E-state index in [1.807, 2.05) is 47.4 Å². The fourth-order valence-corrected chi connectivity index (χ4v) is 4.19. The summed E-state index contributed by atoms with van der Waals surface area (Å²) in [6.45, 7) is 4.21. The van der Waals surface area contributed by atoms with Crippen LogP contribution < -0.4 is 5.32 Å². The van der Waals surface area contributed by atoms with Crippen LogP contribution in [0.5, 0.6) is 0 Å². The van der Waals surface area contributed by atoms with E-state index in [-0.39, 0.29) is 5.91 Å². The maximum Gasteiger partial charge on any atom is 0.253 e. The minimum atomic E-state index is -0.137. The molecule has 8 heteroatoms. The normalized spacial score (nSPS) is 11.0. The molecule has 4 heterocycles. The number of aryl methyl sites for hydroxylation is 1. The molecule has 0 unspecified atom stereocenters. The van der Waals surface area contributed by atoms with E-state index in [0.29, 0.717) is 23.7 Å². The predicted molar refractivity (Wildman–Crippen MR) is 102 cm³/mol. The summed E-state index contributed by atoms with van der Waals surface area (Å²) in [6.07, 6.45) is 3.34. The molecule has 0 spiro atoms. The van der Waals surface area contributed by atoms with Gasteiger partial charge in [0.1, 0.15) is 6.26 Å². The summed E-state index contributed by atoms with van der Waals surface area (Å²) in [5.74, 6) is 0.438. The van der Waals surface area contributed by atoms with Crippen molar-refractivity contribution in [2.45, 2.75) is 20.4 Å². The third-order valence-corrected chi connectivity index (χ3v) is 5.61. The lowest BCUT2D eigenvalue weighted by molar-refractivity contribution is 0.0950. The van der Waals surface area contributed by atoms with E-state index in [0.717, 1.165) is 21.4 Å². The second kappa shape index (κ2) is 6.89. The third-order valence-electron chi connectivity index (χ3n) is 4.00. The minimum Gasteiger partial charge on any atom is -0.443 e.